The maximum atomic E-state index is 12.7. The molecule has 3 rings (SSSR count). The molecule has 1 aromatic rings. The summed E-state index contributed by atoms with van der Waals surface area (Å²) in [5, 5.41) is 0. The first kappa shape index (κ1) is 20.8. The summed E-state index contributed by atoms with van der Waals surface area (Å²) < 4.78 is 0. The second-order valence-electron chi connectivity index (χ2n) is 8.92. The van der Waals surface area contributed by atoms with E-state index in [1.165, 1.54) is 12.0 Å². The van der Waals surface area contributed by atoms with Gasteiger partial charge in [0.2, 0.25) is 11.8 Å². The number of carbonyl (C=O) groups excluding carboxylic acids is 2. The van der Waals surface area contributed by atoms with Crippen LogP contribution in [0.4, 0.5) is 0 Å². The Morgan fingerprint density at radius 3 is 2.14 bits per heavy atom. The van der Waals surface area contributed by atoms with Gasteiger partial charge in [-0.15, -0.1) is 0 Å². The first-order valence-electron chi connectivity index (χ1n) is 10.7. The van der Waals surface area contributed by atoms with Crippen molar-refractivity contribution in [2.24, 2.45) is 11.8 Å². The number of likely N-dealkylation sites (tertiary alicyclic amines) is 1. The van der Waals surface area contributed by atoms with Gasteiger partial charge < -0.3 is 9.80 Å². The van der Waals surface area contributed by atoms with Crippen molar-refractivity contribution in [2.75, 3.05) is 45.8 Å². The minimum atomic E-state index is 0.223. The van der Waals surface area contributed by atoms with Crippen LogP contribution in [0.5, 0.6) is 0 Å². The van der Waals surface area contributed by atoms with Crippen LogP contribution in [-0.2, 0) is 9.59 Å². The number of rotatable bonds is 5. The fraction of sp³-hybridized carbons (Fsp3) is 0.652. The Balaban J connectivity index is 1.42. The maximum Gasteiger partial charge on any atom is 0.236 e. The van der Waals surface area contributed by atoms with Crippen molar-refractivity contribution in [1.29, 1.82) is 0 Å². The number of amides is 2. The van der Waals surface area contributed by atoms with E-state index in [4.69, 9.17) is 0 Å². The zero-order chi connectivity index (χ0) is 20.1. The lowest BCUT2D eigenvalue weighted by Crippen LogP contribution is -2.53. The summed E-state index contributed by atoms with van der Waals surface area (Å²) in [7, 11) is 0. The van der Waals surface area contributed by atoms with Crippen LogP contribution < -0.4 is 0 Å². The van der Waals surface area contributed by atoms with Crippen molar-refractivity contribution in [2.45, 2.75) is 39.5 Å². The average Bonchev–Trinajstić information content (AvgIpc) is 2.68. The van der Waals surface area contributed by atoms with Crippen molar-refractivity contribution in [3.8, 4) is 0 Å². The summed E-state index contributed by atoms with van der Waals surface area (Å²) in [4.78, 5) is 31.5. The Morgan fingerprint density at radius 1 is 0.929 bits per heavy atom. The largest absolute Gasteiger partial charge is 0.341 e. The predicted octanol–water partition coefficient (Wildman–Crippen LogP) is 2.83. The third-order valence-electron chi connectivity index (χ3n) is 6.15. The number of hydrogen-bond acceptors (Lipinski definition) is 3. The predicted molar refractivity (Wildman–Crippen MR) is 112 cm³/mol. The molecular formula is C23H35N3O2. The number of hydrogen-bond donors (Lipinski definition) is 0. The number of benzene rings is 1. The van der Waals surface area contributed by atoms with Gasteiger partial charge >= 0.3 is 0 Å². The lowest BCUT2D eigenvalue weighted by Gasteiger charge is -2.38. The van der Waals surface area contributed by atoms with Gasteiger partial charge in [-0.05, 0) is 29.7 Å². The van der Waals surface area contributed by atoms with E-state index >= 15 is 0 Å². The Bertz CT molecular complexity index is 645. The molecule has 3 atom stereocenters. The maximum absolute atomic E-state index is 12.7. The number of piperazine rings is 1. The first-order chi connectivity index (χ1) is 13.4. The molecular weight excluding hydrogens is 350 g/mol. The van der Waals surface area contributed by atoms with E-state index in [2.05, 4.69) is 37.8 Å². The van der Waals surface area contributed by atoms with E-state index in [1.54, 1.807) is 0 Å². The monoisotopic (exact) mass is 385 g/mol. The standard InChI is InChI=1S/C23H35N3O2/c1-18-13-19(2)16-26(15-18)23(28)17-24-9-11-25(12-10-24)22(27)14-20(3)21-7-5-4-6-8-21/h4-8,18-20H,9-17H2,1-3H3. The Morgan fingerprint density at radius 2 is 1.54 bits per heavy atom. The smallest absolute Gasteiger partial charge is 0.236 e. The summed E-state index contributed by atoms with van der Waals surface area (Å²) in [6, 6.07) is 10.2. The van der Waals surface area contributed by atoms with E-state index in [0.717, 1.165) is 39.3 Å². The SMILES string of the molecule is CC1CC(C)CN(C(=O)CN2CCN(C(=O)CC(C)c3ccccc3)CC2)C1. The van der Waals surface area contributed by atoms with Crippen molar-refractivity contribution >= 4 is 11.8 Å². The van der Waals surface area contributed by atoms with Crippen molar-refractivity contribution in [1.82, 2.24) is 14.7 Å². The van der Waals surface area contributed by atoms with Crippen LogP contribution in [0.2, 0.25) is 0 Å². The zero-order valence-electron chi connectivity index (χ0n) is 17.6. The number of piperidine rings is 1. The van der Waals surface area contributed by atoms with Crippen molar-refractivity contribution < 1.29 is 9.59 Å². The molecule has 28 heavy (non-hydrogen) atoms. The second-order valence-corrected chi connectivity index (χ2v) is 8.92. The third-order valence-corrected chi connectivity index (χ3v) is 6.15. The minimum absolute atomic E-state index is 0.223. The van der Waals surface area contributed by atoms with E-state index < -0.39 is 0 Å². The molecule has 2 amide bonds. The van der Waals surface area contributed by atoms with Gasteiger partial charge in [0, 0.05) is 45.7 Å². The molecule has 5 nitrogen and oxygen atoms in total. The normalized spacial score (nSPS) is 24.8. The second kappa shape index (κ2) is 9.55. The van der Waals surface area contributed by atoms with Crippen LogP contribution in [0.3, 0.4) is 0 Å². The van der Waals surface area contributed by atoms with Crippen LogP contribution in [0.15, 0.2) is 30.3 Å². The highest BCUT2D eigenvalue weighted by molar-refractivity contribution is 5.79. The molecule has 1 aromatic carbocycles. The van der Waals surface area contributed by atoms with Crippen molar-refractivity contribution in [3.63, 3.8) is 0 Å². The Labute approximate surface area is 169 Å². The topological polar surface area (TPSA) is 43.9 Å². The van der Waals surface area contributed by atoms with Gasteiger partial charge in [-0.3, -0.25) is 14.5 Å². The minimum Gasteiger partial charge on any atom is -0.341 e. The Hall–Kier alpha value is -1.88. The average molecular weight is 386 g/mol. The molecule has 0 bridgehead atoms. The summed E-state index contributed by atoms with van der Waals surface area (Å²) in [5.41, 5.74) is 1.21. The van der Waals surface area contributed by atoms with Gasteiger partial charge in [0.25, 0.3) is 0 Å². The molecule has 0 spiro atoms. The summed E-state index contributed by atoms with van der Waals surface area (Å²) in [6.07, 6.45) is 1.76. The summed E-state index contributed by atoms with van der Waals surface area (Å²) in [6.45, 7) is 11.9. The summed E-state index contributed by atoms with van der Waals surface area (Å²) >= 11 is 0. The molecule has 154 valence electrons. The number of nitrogens with zero attached hydrogens (tertiary/aromatic N) is 3. The van der Waals surface area contributed by atoms with Gasteiger partial charge in [-0.25, -0.2) is 0 Å². The fourth-order valence-electron chi connectivity index (χ4n) is 4.60. The van der Waals surface area contributed by atoms with Crippen LogP contribution in [-0.4, -0.2) is 72.3 Å². The highest BCUT2D eigenvalue weighted by Gasteiger charge is 2.28. The zero-order valence-corrected chi connectivity index (χ0v) is 17.6. The highest BCUT2D eigenvalue weighted by atomic mass is 16.2. The molecule has 2 aliphatic rings. The van der Waals surface area contributed by atoms with Crippen LogP contribution in [0.1, 0.15) is 45.1 Å². The molecule has 5 heteroatoms. The molecule has 0 aromatic heterocycles. The quantitative estimate of drug-likeness (QED) is 0.783. The van der Waals surface area contributed by atoms with E-state index in [0.29, 0.717) is 24.8 Å². The van der Waals surface area contributed by atoms with Crippen LogP contribution in [0, 0.1) is 11.8 Å². The van der Waals surface area contributed by atoms with Gasteiger partial charge in [0.15, 0.2) is 0 Å². The molecule has 2 saturated heterocycles. The van der Waals surface area contributed by atoms with Gasteiger partial charge in [-0.2, -0.15) is 0 Å². The third kappa shape index (κ3) is 5.57. The van der Waals surface area contributed by atoms with E-state index in [-0.39, 0.29) is 17.7 Å². The van der Waals surface area contributed by atoms with Gasteiger partial charge in [-0.1, -0.05) is 51.1 Å². The van der Waals surface area contributed by atoms with E-state index in [1.807, 2.05) is 28.0 Å². The molecule has 0 N–H and O–H groups in total. The van der Waals surface area contributed by atoms with Gasteiger partial charge in [0.05, 0.1) is 6.54 Å². The lowest BCUT2D eigenvalue weighted by atomic mass is 9.92. The summed E-state index contributed by atoms with van der Waals surface area (Å²) in [5.74, 6) is 1.89. The molecule has 0 saturated carbocycles. The van der Waals surface area contributed by atoms with Crippen molar-refractivity contribution in [3.05, 3.63) is 35.9 Å². The lowest BCUT2D eigenvalue weighted by molar-refractivity contribution is -0.137. The van der Waals surface area contributed by atoms with Crippen LogP contribution in [0.25, 0.3) is 0 Å². The molecule has 2 heterocycles. The fourth-order valence-corrected chi connectivity index (χ4v) is 4.60. The molecule has 3 unspecified atom stereocenters. The molecule has 2 aliphatic heterocycles. The van der Waals surface area contributed by atoms with Gasteiger partial charge in [0.1, 0.15) is 0 Å². The van der Waals surface area contributed by atoms with E-state index in [9.17, 15) is 9.59 Å². The Kier molecular flexibility index (Phi) is 7.11. The molecule has 0 radical (unpaired) electrons. The number of carbonyl (C=O) groups is 2. The first-order valence-corrected chi connectivity index (χ1v) is 10.7. The molecule has 2 fully saturated rings. The highest BCUT2D eigenvalue weighted by Crippen LogP contribution is 2.22. The molecule has 0 aliphatic carbocycles. The van der Waals surface area contributed by atoms with Crippen LogP contribution >= 0.6 is 0 Å².